The number of rotatable bonds is 6. The normalized spacial score (nSPS) is 21.2. The standard InChI is InChI=1S/C23H32N4O2/c1-16-5-6-21-20(10-16)23-19(15-29-21)11-25-27(23)14-22(28)24-7-4-8-26-12-17(2)9-18(3)13-26/h5-6,10-11,17-18H,4,7-9,12-15H2,1-3H3,(H,24,28)/t17-,18+. The Kier molecular flexibility index (Phi) is 5.90. The van der Waals surface area contributed by atoms with Crippen molar-refractivity contribution in [1.29, 1.82) is 0 Å². The second-order valence-electron chi connectivity index (χ2n) is 8.87. The Labute approximate surface area is 173 Å². The van der Waals surface area contributed by atoms with Crippen LogP contribution in [0.1, 0.15) is 37.8 Å². The molecule has 2 aromatic rings. The van der Waals surface area contributed by atoms with E-state index in [1.807, 2.05) is 18.3 Å². The summed E-state index contributed by atoms with van der Waals surface area (Å²) < 4.78 is 7.62. The minimum atomic E-state index is 0.0111. The molecule has 0 saturated carbocycles. The van der Waals surface area contributed by atoms with Crippen LogP contribution in [0.5, 0.6) is 5.75 Å². The van der Waals surface area contributed by atoms with Gasteiger partial charge < -0.3 is 15.0 Å². The van der Waals surface area contributed by atoms with Gasteiger partial charge in [0.15, 0.2) is 0 Å². The maximum absolute atomic E-state index is 12.5. The Morgan fingerprint density at radius 3 is 2.86 bits per heavy atom. The molecule has 1 aromatic carbocycles. The first-order chi connectivity index (χ1) is 14.0. The maximum Gasteiger partial charge on any atom is 0.241 e. The second-order valence-corrected chi connectivity index (χ2v) is 8.87. The number of fused-ring (bicyclic) bond motifs is 3. The van der Waals surface area contributed by atoms with Gasteiger partial charge in [0.1, 0.15) is 18.9 Å². The highest BCUT2D eigenvalue weighted by Gasteiger charge is 2.24. The molecule has 1 aromatic heterocycles. The molecule has 0 spiro atoms. The lowest BCUT2D eigenvalue weighted by Crippen LogP contribution is -2.40. The minimum Gasteiger partial charge on any atom is -0.488 e. The van der Waals surface area contributed by atoms with Gasteiger partial charge in [-0.3, -0.25) is 9.48 Å². The highest BCUT2D eigenvalue weighted by atomic mass is 16.5. The van der Waals surface area contributed by atoms with Crippen LogP contribution in [0.3, 0.4) is 0 Å². The van der Waals surface area contributed by atoms with Gasteiger partial charge in [-0.05, 0) is 50.3 Å². The molecular formula is C23H32N4O2. The van der Waals surface area contributed by atoms with Crippen molar-refractivity contribution in [2.45, 2.75) is 46.8 Å². The van der Waals surface area contributed by atoms with Gasteiger partial charge in [-0.2, -0.15) is 5.10 Å². The zero-order chi connectivity index (χ0) is 20.4. The average molecular weight is 397 g/mol. The molecule has 6 heteroatoms. The van der Waals surface area contributed by atoms with Crippen molar-refractivity contribution >= 4 is 5.91 Å². The van der Waals surface area contributed by atoms with Gasteiger partial charge in [0.25, 0.3) is 0 Å². The van der Waals surface area contributed by atoms with Crippen LogP contribution in [-0.2, 0) is 17.9 Å². The van der Waals surface area contributed by atoms with Crippen molar-refractivity contribution in [3.8, 4) is 17.0 Å². The number of nitrogens with one attached hydrogen (secondary N) is 1. The maximum atomic E-state index is 12.5. The largest absolute Gasteiger partial charge is 0.488 e. The van der Waals surface area contributed by atoms with E-state index in [9.17, 15) is 4.79 Å². The van der Waals surface area contributed by atoms with Crippen LogP contribution in [-0.4, -0.2) is 46.8 Å². The molecule has 2 aliphatic heterocycles. The first-order valence-electron chi connectivity index (χ1n) is 10.8. The summed E-state index contributed by atoms with van der Waals surface area (Å²) in [5, 5.41) is 7.52. The molecule has 2 atom stereocenters. The molecule has 3 heterocycles. The number of hydrogen-bond donors (Lipinski definition) is 1. The van der Waals surface area contributed by atoms with E-state index in [1.54, 1.807) is 4.68 Å². The van der Waals surface area contributed by atoms with Crippen LogP contribution in [0.4, 0.5) is 0 Å². The van der Waals surface area contributed by atoms with E-state index in [1.165, 1.54) is 25.1 Å². The third kappa shape index (κ3) is 4.64. The van der Waals surface area contributed by atoms with Crippen LogP contribution in [0.15, 0.2) is 24.4 Å². The lowest BCUT2D eigenvalue weighted by atomic mass is 9.92. The van der Waals surface area contributed by atoms with Crippen LogP contribution >= 0.6 is 0 Å². The Morgan fingerprint density at radius 1 is 1.28 bits per heavy atom. The Balaban J connectivity index is 1.31. The summed E-state index contributed by atoms with van der Waals surface area (Å²) in [5.41, 5.74) is 4.22. The summed E-state index contributed by atoms with van der Waals surface area (Å²) in [6, 6.07) is 6.14. The number of aryl methyl sites for hydroxylation is 1. The average Bonchev–Trinajstić information content (AvgIpc) is 3.07. The first kappa shape index (κ1) is 20.0. The number of nitrogens with zero attached hydrogens (tertiary/aromatic N) is 3. The number of likely N-dealkylation sites (tertiary alicyclic amines) is 1. The molecule has 1 saturated heterocycles. The number of benzene rings is 1. The lowest BCUT2D eigenvalue weighted by molar-refractivity contribution is -0.121. The lowest BCUT2D eigenvalue weighted by Gasteiger charge is -2.34. The number of piperidine rings is 1. The molecule has 1 fully saturated rings. The van der Waals surface area contributed by atoms with Crippen LogP contribution in [0.25, 0.3) is 11.3 Å². The van der Waals surface area contributed by atoms with Crippen molar-refractivity contribution in [3.63, 3.8) is 0 Å². The topological polar surface area (TPSA) is 59.4 Å². The van der Waals surface area contributed by atoms with E-state index >= 15 is 0 Å². The molecule has 2 aliphatic rings. The molecule has 0 aliphatic carbocycles. The zero-order valence-corrected chi connectivity index (χ0v) is 17.8. The van der Waals surface area contributed by atoms with Crippen molar-refractivity contribution < 1.29 is 9.53 Å². The minimum absolute atomic E-state index is 0.0111. The number of ether oxygens (including phenoxy) is 1. The fraction of sp³-hybridized carbons (Fsp3) is 0.565. The van der Waals surface area contributed by atoms with Gasteiger partial charge in [0, 0.05) is 30.8 Å². The van der Waals surface area contributed by atoms with Crippen LogP contribution in [0.2, 0.25) is 0 Å². The van der Waals surface area contributed by atoms with E-state index in [-0.39, 0.29) is 12.5 Å². The number of hydrogen-bond acceptors (Lipinski definition) is 4. The molecule has 0 bridgehead atoms. The van der Waals surface area contributed by atoms with Crippen LogP contribution < -0.4 is 10.1 Å². The van der Waals surface area contributed by atoms with Gasteiger partial charge in [-0.15, -0.1) is 0 Å². The molecule has 1 amide bonds. The smallest absolute Gasteiger partial charge is 0.241 e. The fourth-order valence-corrected chi connectivity index (χ4v) is 4.77. The highest BCUT2D eigenvalue weighted by Crippen LogP contribution is 2.37. The summed E-state index contributed by atoms with van der Waals surface area (Å²) in [6.07, 6.45) is 4.12. The van der Waals surface area contributed by atoms with Crippen molar-refractivity contribution in [2.24, 2.45) is 11.8 Å². The monoisotopic (exact) mass is 396 g/mol. The summed E-state index contributed by atoms with van der Waals surface area (Å²) in [6.45, 7) is 11.6. The zero-order valence-electron chi connectivity index (χ0n) is 17.8. The SMILES string of the molecule is Cc1ccc2c(c1)-c1c(cnn1CC(=O)NCCCN1C[C@H](C)C[C@H](C)C1)CO2. The predicted octanol–water partition coefficient (Wildman–Crippen LogP) is 3.24. The first-order valence-corrected chi connectivity index (χ1v) is 10.8. The molecule has 4 rings (SSSR count). The Morgan fingerprint density at radius 2 is 2.07 bits per heavy atom. The van der Waals surface area contributed by atoms with E-state index in [2.05, 4.69) is 42.2 Å². The molecule has 29 heavy (non-hydrogen) atoms. The molecule has 1 N–H and O–H groups in total. The molecular weight excluding hydrogens is 364 g/mol. The molecule has 0 radical (unpaired) electrons. The number of aromatic nitrogens is 2. The second kappa shape index (κ2) is 8.57. The van der Waals surface area contributed by atoms with Gasteiger partial charge in [0.05, 0.1) is 11.9 Å². The van der Waals surface area contributed by atoms with Gasteiger partial charge in [-0.1, -0.05) is 25.5 Å². The van der Waals surface area contributed by atoms with Crippen LogP contribution in [0, 0.1) is 18.8 Å². The van der Waals surface area contributed by atoms with E-state index in [0.29, 0.717) is 13.2 Å². The predicted molar refractivity (Wildman–Crippen MR) is 114 cm³/mol. The van der Waals surface area contributed by atoms with Gasteiger partial charge in [0.2, 0.25) is 5.91 Å². The third-order valence-electron chi connectivity index (χ3n) is 5.90. The quantitative estimate of drug-likeness (QED) is 0.762. The molecule has 156 valence electrons. The van der Waals surface area contributed by atoms with Gasteiger partial charge in [-0.25, -0.2) is 0 Å². The number of amides is 1. The van der Waals surface area contributed by atoms with E-state index < -0.39 is 0 Å². The molecule has 6 nitrogen and oxygen atoms in total. The Bertz CT molecular complexity index is 866. The van der Waals surface area contributed by atoms with Crippen molar-refractivity contribution in [3.05, 3.63) is 35.5 Å². The fourth-order valence-electron chi connectivity index (χ4n) is 4.77. The van der Waals surface area contributed by atoms with E-state index in [0.717, 1.165) is 47.4 Å². The molecule has 0 unspecified atom stereocenters. The number of carbonyl (C=O) groups is 1. The van der Waals surface area contributed by atoms with Gasteiger partial charge >= 0.3 is 0 Å². The highest BCUT2D eigenvalue weighted by molar-refractivity contribution is 5.78. The van der Waals surface area contributed by atoms with E-state index in [4.69, 9.17) is 4.74 Å². The number of carbonyl (C=O) groups excluding carboxylic acids is 1. The van der Waals surface area contributed by atoms with Crippen molar-refractivity contribution in [1.82, 2.24) is 20.0 Å². The third-order valence-corrected chi connectivity index (χ3v) is 5.90. The summed E-state index contributed by atoms with van der Waals surface area (Å²) in [7, 11) is 0. The van der Waals surface area contributed by atoms with Crippen molar-refractivity contribution in [2.75, 3.05) is 26.2 Å². The summed E-state index contributed by atoms with van der Waals surface area (Å²) in [5.74, 6) is 2.41. The summed E-state index contributed by atoms with van der Waals surface area (Å²) >= 11 is 0. The summed E-state index contributed by atoms with van der Waals surface area (Å²) in [4.78, 5) is 15.0. The Hall–Kier alpha value is -2.34.